The lowest BCUT2D eigenvalue weighted by atomic mass is 9.77. The molecular weight excluding hydrogens is 559 g/mol. The maximum Gasteiger partial charge on any atom is 0.416 e. The van der Waals surface area contributed by atoms with Crippen LogP contribution in [0.2, 0.25) is 0 Å². The van der Waals surface area contributed by atoms with E-state index in [0.29, 0.717) is 25.4 Å². The summed E-state index contributed by atoms with van der Waals surface area (Å²) in [5.41, 5.74) is 2.81. The SMILES string of the molecule is Cc1ncnc(C)c1-c1ccc(C2(O)CCC(N3CCC(NC(=O)CNC(=O)c4cccc(C(F)(F)F)c4)C3)CC2)cc1. The molecule has 11 heteroatoms. The number of rotatable bonds is 7. The summed E-state index contributed by atoms with van der Waals surface area (Å²) in [6.45, 7) is 5.09. The number of likely N-dealkylation sites (tertiary alicyclic amines) is 1. The van der Waals surface area contributed by atoms with Crippen LogP contribution in [0.1, 0.15) is 65.0 Å². The third-order valence-corrected chi connectivity index (χ3v) is 8.68. The van der Waals surface area contributed by atoms with Crippen molar-refractivity contribution in [1.29, 1.82) is 0 Å². The first-order valence-electron chi connectivity index (χ1n) is 14.5. The lowest BCUT2D eigenvalue weighted by Crippen LogP contribution is -2.45. The molecule has 2 fully saturated rings. The molecule has 0 spiro atoms. The highest BCUT2D eigenvalue weighted by atomic mass is 19.4. The quantitative estimate of drug-likeness (QED) is 0.371. The van der Waals surface area contributed by atoms with Crippen molar-refractivity contribution in [2.75, 3.05) is 19.6 Å². The molecule has 1 aliphatic heterocycles. The number of aromatic nitrogens is 2. The second kappa shape index (κ2) is 12.4. The van der Waals surface area contributed by atoms with Crippen molar-refractivity contribution < 1.29 is 27.9 Å². The number of carbonyl (C=O) groups excluding carboxylic acids is 2. The fourth-order valence-electron chi connectivity index (χ4n) is 6.31. The van der Waals surface area contributed by atoms with Crippen molar-refractivity contribution in [2.45, 2.75) is 69.8 Å². The van der Waals surface area contributed by atoms with E-state index in [-0.39, 0.29) is 24.1 Å². The molecule has 1 atom stereocenters. The Morgan fingerprint density at radius 2 is 1.70 bits per heavy atom. The number of hydrogen-bond donors (Lipinski definition) is 3. The van der Waals surface area contributed by atoms with Crippen molar-refractivity contribution in [3.05, 3.63) is 82.9 Å². The third kappa shape index (κ3) is 7.05. The first-order valence-corrected chi connectivity index (χ1v) is 14.5. The van der Waals surface area contributed by atoms with Crippen LogP contribution in [0.25, 0.3) is 11.1 Å². The summed E-state index contributed by atoms with van der Waals surface area (Å²) in [7, 11) is 0. The summed E-state index contributed by atoms with van der Waals surface area (Å²) >= 11 is 0. The third-order valence-electron chi connectivity index (χ3n) is 8.68. The average molecular weight is 596 g/mol. The molecule has 3 aromatic rings. The van der Waals surface area contributed by atoms with Gasteiger partial charge in [-0.05, 0) is 75.3 Å². The lowest BCUT2D eigenvalue weighted by Gasteiger charge is -2.40. The summed E-state index contributed by atoms with van der Waals surface area (Å²) in [4.78, 5) is 35.7. The van der Waals surface area contributed by atoms with E-state index in [1.807, 2.05) is 38.1 Å². The van der Waals surface area contributed by atoms with Gasteiger partial charge in [-0.1, -0.05) is 30.3 Å². The van der Waals surface area contributed by atoms with E-state index in [9.17, 15) is 27.9 Å². The highest BCUT2D eigenvalue weighted by molar-refractivity contribution is 5.96. The number of benzene rings is 2. The Hall–Kier alpha value is -3.83. The minimum Gasteiger partial charge on any atom is -0.385 e. The standard InChI is InChI=1S/C32H36F3N5O3/c1-20-29(21(2)38-19-37-20)22-6-8-24(9-7-22)31(43)13-10-27(11-14-31)40-15-12-26(18-40)39-28(41)17-36-30(42)23-4-3-5-25(16-23)32(33,34)35/h3-9,16,19,26-27,43H,10-15,17-18H2,1-2H3,(H,36,42)(H,39,41). The molecule has 2 aromatic carbocycles. The highest BCUT2D eigenvalue weighted by Gasteiger charge is 2.38. The van der Waals surface area contributed by atoms with Crippen molar-refractivity contribution in [3.63, 3.8) is 0 Å². The van der Waals surface area contributed by atoms with Gasteiger partial charge in [-0.15, -0.1) is 0 Å². The molecule has 2 amide bonds. The van der Waals surface area contributed by atoms with E-state index in [1.165, 1.54) is 6.07 Å². The molecule has 2 aliphatic rings. The minimum absolute atomic E-state index is 0.0832. The Morgan fingerprint density at radius 1 is 1.02 bits per heavy atom. The number of aryl methyl sites for hydroxylation is 2. The maximum absolute atomic E-state index is 12.9. The zero-order valence-electron chi connectivity index (χ0n) is 24.2. The molecule has 1 saturated carbocycles. The molecule has 5 rings (SSSR count). The van der Waals surface area contributed by atoms with E-state index in [2.05, 4.69) is 25.5 Å². The van der Waals surface area contributed by atoms with E-state index < -0.39 is 23.2 Å². The van der Waals surface area contributed by atoms with E-state index in [1.54, 1.807) is 6.33 Å². The average Bonchev–Trinajstić information content (AvgIpc) is 3.44. The summed E-state index contributed by atoms with van der Waals surface area (Å²) in [6, 6.07) is 12.3. The van der Waals surface area contributed by atoms with Gasteiger partial charge in [0.05, 0.1) is 17.7 Å². The smallest absolute Gasteiger partial charge is 0.385 e. The molecule has 43 heavy (non-hydrogen) atoms. The van der Waals surface area contributed by atoms with Crippen LogP contribution in [0, 0.1) is 13.8 Å². The van der Waals surface area contributed by atoms with Crippen molar-refractivity contribution in [1.82, 2.24) is 25.5 Å². The highest BCUT2D eigenvalue weighted by Crippen LogP contribution is 2.40. The van der Waals surface area contributed by atoms with Crippen molar-refractivity contribution in [2.24, 2.45) is 0 Å². The summed E-state index contributed by atoms with van der Waals surface area (Å²) in [6.07, 6.45) is 0.706. The van der Waals surface area contributed by atoms with Gasteiger partial charge >= 0.3 is 6.18 Å². The predicted octanol–water partition coefficient (Wildman–Crippen LogP) is 4.53. The lowest BCUT2D eigenvalue weighted by molar-refractivity contribution is -0.137. The molecule has 3 N–H and O–H groups in total. The molecule has 1 unspecified atom stereocenters. The Bertz CT molecular complexity index is 1450. The van der Waals surface area contributed by atoms with Gasteiger partial charge in [-0.25, -0.2) is 9.97 Å². The summed E-state index contributed by atoms with van der Waals surface area (Å²) in [5, 5.41) is 16.8. The number of carbonyl (C=O) groups is 2. The van der Waals surface area contributed by atoms with E-state index in [4.69, 9.17) is 0 Å². The molecule has 0 bridgehead atoms. The molecule has 2 heterocycles. The summed E-state index contributed by atoms with van der Waals surface area (Å²) in [5.74, 6) is -1.13. The topological polar surface area (TPSA) is 107 Å². The van der Waals surface area contributed by atoms with Crippen LogP contribution in [-0.2, 0) is 16.6 Å². The Balaban J connectivity index is 1.08. The number of nitrogens with zero attached hydrogens (tertiary/aromatic N) is 3. The fraction of sp³-hybridized carbons (Fsp3) is 0.438. The zero-order chi connectivity index (χ0) is 30.8. The number of halogens is 3. The Labute approximate surface area is 248 Å². The van der Waals surface area contributed by atoms with Crippen LogP contribution >= 0.6 is 0 Å². The number of aliphatic hydroxyl groups is 1. The normalized spacial score (nSPS) is 22.7. The Morgan fingerprint density at radius 3 is 2.35 bits per heavy atom. The first kappa shape index (κ1) is 30.6. The second-order valence-corrected chi connectivity index (χ2v) is 11.6. The van der Waals surface area contributed by atoms with E-state index >= 15 is 0 Å². The maximum atomic E-state index is 12.9. The van der Waals surface area contributed by atoms with Crippen LogP contribution in [-0.4, -0.2) is 63.5 Å². The molecule has 228 valence electrons. The fourth-order valence-corrected chi connectivity index (χ4v) is 6.31. The summed E-state index contributed by atoms with van der Waals surface area (Å²) < 4.78 is 38.8. The van der Waals surface area contributed by atoms with Gasteiger partial charge in [0, 0.05) is 47.7 Å². The number of alkyl halides is 3. The van der Waals surface area contributed by atoms with Gasteiger partial charge in [0.15, 0.2) is 0 Å². The van der Waals surface area contributed by atoms with Gasteiger partial charge in [-0.2, -0.15) is 13.2 Å². The number of hydrogen-bond acceptors (Lipinski definition) is 6. The second-order valence-electron chi connectivity index (χ2n) is 11.6. The van der Waals surface area contributed by atoms with Crippen LogP contribution in [0.4, 0.5) is 13.2 Å². The largest absolute Gasteiger partial charge is 0.416 e. The van der Waals surface area contributed by atoms with Gasteiger partial charge in [0.25, 0.3) is 5.91 Å². The van der Waals surface area contributed by atoms with Gasteiger partial charge < -0.3 is 15.7 Å². The molecule has 0 radical (unpaired) electrons. The van der Waals surface area contributed by atoms with Crippen LogP contribution < -0.4 is 10.6 Å². The molecule has 1 aliphatic carbocycles. The molecule has 8 nitrogen and oxygen atoms in total. The minimum atomic E-state index is -4.55. The van der Waals surface area contributed by atoms with Gasteiger partial charge in [-0.3, -0.25) is 14.5 Å². The van der Waals surface area contributed by atoms with E-state index in [0.717, 1.165) is 72.1 Å². The van der Waals surface area contributed by atoms with Gasteiger partial charge in [0.1, 0.15) is 6.33 Å². The first-order chi connectivity index (χ1) is 20.4. The van der Waals surface area contributed by atoms with Crippen LogP contribution in [0.5, 0.6) is 0 Å². The Kier molecular flexibility index (Phi) is 8.84. The van der Waals surface area contributed by atoms with Crippen molar-refractivity contribution >= 4 is 11.8 Å². The molecular formula is C32H36F3N5O3. The number of amides is 2. The number of nitrogens with one attached hydrogen (secondary N) is 2. The van der Waals surface area contributed by atoms with Crippen LogP contribution in [0.3, 0.4) is 0 Å². The molecule has 1 saturated heterocycles. The zero-order valence-corrected chi connectivity index (χ0v) is 24.2. The van der Waals surface area contributed by atoms with Gasteiger partial charge in [0.2, 0.25) is 5.91 Å². The van der Waals surface area contributed by atoms with Crippen LogP contribution in [0.15, 0.2) is 54.9 Å². The molecule has 1 aromatic heterocycles. The van der Waals surface area contributed by atoms with Crippen molar-refractivity contribution in [3.8, 4) is 11.1 Å². The predicted molar refractivity (Wildman–Crippen MR) is 155 cm³/mol. The monoisotopic (exact) mass is 595 g/mol.